The zero-order valence-electron chi connectivity index (χ0n) is 17.3. The van der Waals surface area contributed by atoms with Crippen LogP contribution in [-0.4, -0.2) is 62.6 Å². The predicted octanol–water partition coefficient (Wildman–Crippen LogP) is 3.59. The highest BCUT2D eigenvalue weighted by Gasteiger charge is 2.45. The molecule has 0 aliphatic carbocycles. The van der Waals surface area contributed by atoms with Crippen molar-refractivity contribution in [1.82, 2.24) is 25.0 Å². The standard InChI is InChI=1S/C23H31N5O/c1-2-6-18-7-5-9-22-17-11-16(14-28(18)22)13-27(15-17)23(29)21-12-20(25-26-21)19-8-3-4-10-24-19/h3-4,8,10,12,16-18,22H,2,5-7,9,11,13-15H2,1H3,(H,25,26)/t16-,17+,18-,22-/m0/s1. The summed E-state index contributed by atoms with van der Waals surface area (Å²) in [4.78, 5) is 22.5. The van der Waals surface area contributed by atoms with Crippen LogP contribution >= 0.6 is 0 Å². The molecule has 2 bridgehead atoms. The number of hydrogen-bond donors (Lipinski definition) is 1. The lowest BCUT2D eigenvalue weighted by Gasteiger charge is -2.55. The van der Waals surface area contributed by atoms with Gasteiger partial charge in [-0.15, -0.1) is 0 Å². The van der Waals surface area contributed by atoms with Crippen LogP contribution in [0.5, 0.6) is 0 Å². The van der Waals surface area contributed by atoms with Crippen LogP contribution in [0.25, 0.3) is 11.4 Å². The first-order valence-electron chi connectivity index (χ1n) is 11.2. The fourth-order valence-corrected chi connectivity index (χ4v) is 5.97. The highest BCUT2D eigenvalue weighted by Crippen LogP contribution is 2.40. The van der Waals surface area contributed by atoms with Gasteiger partial charge in [-0.1, -0.05) is 25.8 Å². The summed E-state index contributed by atoms with van der Waals surface area (Å²) in [6.07, 6.45) is 9.62. The molecule has 1 amide bonds. The number of carbonyl (C=O) groups is 1. The Hall–Kier alpha value is -2.21. The van der Waals surface area contributed by atoms with Crippen LogP contribution in [0.4, 0.5) is 0 Å². The van der Waals surface area contributed by atoms with Gasteiger partial charge in [-0.25, -0.2) is 0 Å². The summed E-state index contributed by atoms with van der Waals surface area (Å²) in [5.41, 5.74) is 2.10. The Morgan fingerprint density at radius 2 is 2.14 bits per heavy atom. The van der Waals surface area contributed by atoms with Crippen molar-refractivity contribution in [2.45, 2.75) is 57.5 Å². The summed E-state index contributed by atoms with van der Waals surface area (Å²) >= 11 is 0. The zero-order valence-corrected chi connectivity index (χ0v) is 17.3. The Labute approximate surface area is 172 Å². The van der Waals surface area contributed by atoms with Gasteiger partial charge in [0.15, 0.2) is 0 Å². The number of nitrogens with zero attached hydrogens (tertiary/aromatic N) is 4. The number of likely N-dealkylation sites (tertiary alicyclic amines) is 1. The molecule has 0 saturated carbocycles. The summed E-state index contributed by atoms with van der Waals surface area (Å²) in [6.45, 7) is 5.22. The largest absolute Gasteiger partial charge is 0.337 e. The summed E-state index contributed by atoms with van der Waals surface area (Å²) in [5, 5.41) is 7.28. The second kappa shape index (κ2) is 7.90. The van der Waals surface area contributed by atoms with Crippen molar-refractivity contribution in [3.05, 3.63) is 36.2 Å². The number of amides is 1. The smallest absolute Gasteiger partial charge is 0.271 e. The van der Waals surface area contributed by atoms with Gasteiger partial charge in [-0.2, -0.15) is 5.10 Å². The van der Waals surface area contributed by atoms with Gasteiger partial charge in [-0.3, -0.25) is 19.8 Å². The molecule has 5 rings (SSSR count). The molecule has 6 nitrogen and oxygen atoms in total. The summed E-state index contributed by atoms with van der Waals surface area (Å²) in [6, 6.07) is 9.01. The average molecular weight is 394 g/mol. The summed E-state index contributed by atoms with van der Waals surface area (Å²) in [5.74, 6) is 1.30. The van der Waals surface area contributed by atoms with Crippen LogP contribution in [0, 0.1) is 11.8 Å². The number of H-pyrrole nitrogens is 1. The molecule has 154 valence electrons. The molecule has 2 aromatic heterocycles. The van der Waals surface area contributed by atoms with Crippen molar-refractivity contribution >= 4 is 5.91 Å². The van der Waals surface area contributed by atoms with E-state index in [9.17, 15) is 4.79 Å². The number of piperidine rings is 3. The lowest BCUT2D eigenvalue weighted by molar-refractivity contribution is -0.0519. The SMILES string of the molecule is CCC[C@H]1CCC[C@H]2[C@@H]3C[C@@H](CN(C(=O)c4cc(-c5ccccn5)n[nH]4)C3)CN12. The molecular weight excluding hydrogens is 362 g/mol. The number of fused-ring (bicyclic) bond motifs is 4. The minimum atomic E-state index is 0.0868. The van der Waals surface area contributed by atoms with E-state index in [4.69, 9.17) is 0 Å². The van der Waals surface area contributed by atoms with Crippen LogP contribution in [0.1, 0.15) is 55.9 Å². The molecule has 29 heavy (non-hydrogen) atoms. The molecule has 5 heterocycles. The molecule has 0 spiro atoms. The number of aromatic nitrogens is 3. The molecule has 1 N–H and O–H groups in total. The van der Waals surface area contributed by atoms with Crippen molar-refractivity contribution in [2.24, 2.45) is 11.8 Å². The van der Waals surface area contributed by atoms with Crippen molar-refractivity contribution in [1.29, 1.82) is 0 Å². The fourth-order valence-electron chi connectivity index (χ4n) is 5.97. The van der Waals surface area contributed by atoms with E-state index in [0.29, 0.717) is 23.6 Å². The van der Waals surface area contributed by atoms with E-state index in [1.807, 2.05) is 24.3 Å². The number of nitrogens with one attached hydrogen (secondary N) is 1. The molecule has 0 radical (unpaired) electrons. The Balaban J connectivity index is 1.30. The van der Waals surface area contributed by atoms with Crippen LogP contribution in [0.2, 0.25) is 0 Å². The van der Waals surface area contributed by atoms with Crippen molar-refractivity contribution in [3.8, 4) is 11.4 Å². The van der Waals surface area contributed by atoms with E-state index >= 15 is 0 Å². The van der Waals surface area contributed by atoms with E-state index in [2.05, 4.69) is 31.9 Å². The number of aromatic amines is 1. The summed E-state index contributed by atoms with van der Waals surface area (Å²) in [7, 11) is 0. The van der Waals surface area contributed by atoms with Crippen LogP contribution < -0.4 is 0 Å². The monoisotopic (exact) mass is 393 g/mol. The van der Waals surface area contributed by atoms with Crippen LogP contribution in [0.15, 0.2) is 30.5 Å². The molecule has 2 aromatic rings. The maximum atomic E-state index is 13.2. The third-order valence-electron chi connectivity index (χ3n) is 7.16. The number of pyridine rings is 1. The first-order chi connectivity index (χ1) is 14.2. The highest BCUT2D eigenvalue weighted by molar-refractivity contribution is 5.93. The fraction of sp³-hybridized carbons (Fsp3) is 0.609. The van der Waals surface area contributed by atoms with E-state index < -0.39 is 0 Å². The Bertz CT molecular complexity index is 848. The molecule has 6 heteroatoms. The minimum absolute atomic E-state index is 0.0868. The van der Waals surface area contributed by atoms with Crippen molar-refractivity contribution < 1.29 is 4.79 Å². The molecule has 0 unspecified atom stereocenters. The van der Waals surface area contributed by atoms with Crippen molar-refractivity contribution in [3.63, 3.8) is 0 Å². The van der Waals surface area contributed by atoms with Gasteiger partial charge in [0.05, 0.1) is 5.69 Å². The van der Waals surface area contributed by atoms with E-state index in [0.717, 1.165) is 37.1 Å². The van der Waals surface area contributed by atoms with Gasteiger partial charge in [0.1, 0.15) is 11.4 Å². The van der Waals surface area contributed by atoms with Crippen molar-refractivity contribution in [2.75, 3.05) is 19.6 Å². The first-order valence-corrected chi connectivity index (χ1v) is 11.2. The Morgan fingerprint density at radius 3 is 2.97 bits per heavy atom. The second-order valence-corrected chi connectivity index (χ2v) is 9.09. The van der Waals surface area contributed by atoms with Crippen LogP contribution in [0.3, 0.4) is 0 Å². The summed E-state index contributed by atoms with van der Waals surface area (Å²) < 4.78 is 0. The number of rotatable bonds is 4. The molecule has 4 atom stereocenters. The minimum Gasteiger partial charge on any atom is -0.337 e. The Kier molecular flexibility index (Phi) is 5.12. The lowest BCUT2D eigenvalue weighted by atomic mass is 9.74. The maximum Gasteiger partial charge on any atom is 0.271 e. The first kappa shape index (κ1) is 18.8. The third kappa shape index (κ3) is 3.59. The lowest BCUT2D eigenvalue weighted by Crippen LogP contribution is -2.62. The third-order valence-corrected chi connectivity index (χ3v) is 7.16. The van der Waals surface area contributed by atoms with E-state index in [-0.39, 0.29) is 5.91 Å². The number of hydrogen-bond acceptors (Lipinski definition) is 4. The second-order valence-electron chi connectivity index (χ2n) is 9.09. The molecular formula is C23H31N5O. The van der Waals surface area contributed by atoms with Gasteiger partial charge in [0, 0.05) is 37.9 Å². The highest BCUT2D eigenvalue weighted by atomic mass is 16.2. The number of carbonyl (C=O) groups excluding carboxylic acids is 1. The van der Waals surface area contributed by atoms with E-state index in [1.165, 1.54) is 38.5 Å². The van der Waals surface area contributed by atoms with Gasteiger partial charge in [0.25, 0.3) is 5.91 Å². The molecule has 3 aliphatic rings. The molecule has 3 fully saturated rings. The Morgan fingerprint density at radius 1 is 1.21 bits per heavy atom. The van der Waals surface area contributed by atoms with Crippen LogP contribution in [-0.2, 0) is 0 Å². The zero-order chi connectivity index (χ0) is 19.8. The van der Waals surface area contributed by atoms with E-state index in [1.54, 1.807) is 6.20 Å². The average Bonchev–Trinajstić information content (AvgIpc) is 3.25. The molecule has 3 aliphatic heterocycles. The van der Waals surface area contributed by atoms with Gasteiger partial charge in [0.2, 0.25) is 0 Å². The van der Waals surface area contributed by atoms with Gasteiger partial charge in [-0.05, 0) is 55.7 Å². The predicted molar refractivity (Wildman–Crippen MR) is 112 cm³/mol. The van der Waals surface area contributed by atoms with Gasteiger partial charge < -0.3 is 4.90 Å². The molecule has 3 saturated heterocycles. The normalized spacial score (nSPS) is 29.5. The van der Waals surface area contributed by atoms with Gasteiger partial charge >= 0.3 is 0 Å². The maximum absolute atomic E-state index is 13.2. The molecule has 0 aromatic carbocycles. The topological polar surface area (TPSA) is 65.1 Å². The quantitative estimate of drug-likeness (QED) is 0.862.